The summed E-state index contributed by atoms with van der Waals surface area (Å²) < 4.78 is 13.1. The number of hydrogen-bond donors (Lipinski definition) is 0. The van der Waals surface area contributed by atoms with Crippen LogP contribution in [0.4, 0.5) is 0 Å². The molecule has 2 heterocycles. The molecule has 0 N–H and O–H groups in total. The molecular weight excluding hydrogens is 633 g/mol. The van der Waals surface area contributed by atoms with Crippen LogP contribution in [-0.4, -0.2) is 0 Å². The summed E-state index contributed by atoms with van der Waals surface area (Å²) in [6.07, 6.45) is 0. The lowest BCUT2D eigenvalue weighted by Gasteiger charge is -2.24. The van der Waals surface area contributed by atoms with Crippen molar-refractivity contribution in [3.05, 3.63) is 157 Å². The van der Waals surface area contributed by atoms with E-state index in [1.807, 2.05) is 6.07 Å². The highest BCUT2D eigenvalue weighted by molar-refractivity contribution is 6.29. The van der Waals surface area contributed by atoms with Crippen molar-refractivity contribution in [2.24, 2.45) is 0 Å². The van der Waals surface area contributed by atoms with E-state index < -0.39 is 0 Å². The van der Waals surface area contributed by atoms with Crippen LogP contribution in [-0.2, 0) is 0 Å². The van der Waals surface area contributed by atoms with E-state index in [2.05, 4.69) is 153 Å². The van der Waals surface area contributed by atoms with Crippen LogP contribution in [0.25, 0.3) is 98.4 Å². The summed E-state index contributed by atoms with van der Waals surface area (Å²) in [7, 11) is 0. The van der Waals surface area contributed by atoms with Gasteiger partial charge in [-0.3, -0.25) is 0 Å². The predicted octanol–water partition coefficient (Wildman–Crippen LogP) is 14.4. The molecule has 2 aliphatic rings. The summed E-state index contributed by atoms with van der Waals surface area (Å²) in [5.74, 6) is 3.64. The molecule has 0 saturated carbocycles. The van der Waals surface area contributed by atoms with Crippen LogP contribution < -0.4 is 9.47 Å². The van der Waals surface area contributed by atoms with Crippen molar-refractivity contribution in [1.82, 2.24) is 0 Å². The van der Waals surface area contributed by atoms with Gasteiger partial charge in [-0.25, -0.2) is 0 Å². The number of rotatable bonds is 2. The molecule has 52 heavy (non-hydrogen) atoms. The lowest BCUT2D eigenvalue weighted by Crippen LogP contribution is -1.98. The van der Waals surface area contributed by atoms with Crippen LogP contribution in [0, 0.1) is 13.8 Å². The minimum atomic E-state index is 0.902. The quantitative estimate of drug-likeness (QED) is 0.172. The molecular formula is C50H30O2. The molecule has 242 valence electrons. The standard InChI is InChI=1S/C50H30O2/c1-27-24-41(30-16-17-35-37-11-5-8-29-9-6-15-44(47(29)37)52-46(35)26-30)39-20-18-32-28(2)25-42(40-21-19-31(27)49(39)50(32)40)33-22-23-45-48-36(33)12-7-13-38(48)34-10-3-4-14-43(34)51-45/h3-26H,1-2H3. The Morgan fingerprint density at radius 2 is 0.865 bits per heavy atom. The van der Waals surface area contributed by atoms with Gasteiger partial charge < -0.3 is 9.47 Å². The monoisotopic (exact) mass is 662 g/mol. The molecule has 2 nitrogen and oxygen atoms in total. The fourth-order valence-corrected chi connectivity index (χ4v) is 9.35. The number of aryl methyl sites for hydroxylation is 2. The van der Waals surface area contributed by atoms with Crippen molar-refractivity contribution in [3.8, 4) is 67.5 Å². The van der Waals surface area contributed by atoms with Crippen molar-refractivity contribution >= 4 is 53.9 Å². The smallest absolute Gasteiger partial charge is 0.135 e. The highest BCUT2D eigenvalue weighted by Gasteiger charge is 2.25. The summed E-state index contributed by atoms with van der Waals surface area (Å²) >= 11 is 0. The molecule has 0 spiro atoms. The molecule has 2 heteroatoms. The van der Waals surface area contributed by atoms with Gasteiger partial charge in [0.05, 0.1) is 0 Å². The lowest BCUT2D eigenvalue weighted by atomic mass is 9.83. The Hall–Kier alpha value is -6.64. The average molecular weight is 663 g/mol. The van der Waals surface area contributed by atoms with E-state index in [0.717, 1.165) is 39.7 Å². The van der Waals surface area contributed by atoms with Crippen molar-refractivity contribution in [3.63, 3.8) is 0 Å². The molecule has 10 aromatic rings. The molecule has 0 saturated heterocycles. The maximum Gasteiger partial charge on any atom is 0.135 e. The third kappa shape index (κ3) is 3.63. The van der Waals surface area contributed by atoms with Crippen LogP contribution in [0.2, 0.25) is 0 Å². The molecule has 0 aliphatic carbocycles. The fraction of sp³-hybridized carbons (Fsp3) is 0.0400. The zero-order chi connectivity index (χ0) is 34.2. The van der Waals surface area contributed by atoms with Gasteiger partial charge in [-0.15, -0.1) is 0 Å². The highest BCUT2D eigenvalue weighted by Crippen LogP contribution is 2.52. The number of ether oxygens (including phenoxy) is 2. The van der Waals surface area contributed by atoms with Crippen molar-refractivity contribution in [2.75, 3.05) is 0 Å². The second-order valence-electron chi connectivity index (χ2n) is 14.5. The molecule has 10 aromatic carbocycles. The summed E-state index contributed by atoms with van der Waals surface area (Å²) in [5.41, 5.74) is 12.1. The van der Waals surface area contributed by atoms with E-state index in [-0.39, 0.29) is 0 Å². The number of fused-ring (bicyclic) bond motifs is 4. The molecule has 2 aliphatic heterocycles. The summed E-state index contributed by atoms with van der Waals surface area (Å²) in [6.45, 7) is 4.51. The van der Waals surface area contributed by atoms with E-state index in [1.165, 1.54) is 92.8 Å². The molecule has 0 fully saturated rings. The van der Waals surface area contributed by atoms with E-state index in [4.69, 9.17) is 9.47 Å². The molecule has 0 atom stereocenters. The van der Waals surface area contributed by atoms with E-state index in [0.29, 0.717) is 0 Å². The van der Waals surface area contributed by atoms with E-state index in [9.17, 15) is 0 Å². The minimum Gasteiger partial charge on any atom is -0.456 e. The van der Waals surface area contributed by atoms with Crippen LogP contribution in [0.1, 0.15) is 11.1 Å². The average Bonchev–Trinajstić information content (AvgIpc) is 3.18. The van der Waals surface area contributed by atoms with Gasteiger partial charge in [0.2, 0.25) is 0 Å². The van der Waals surface area contributed by atoms with E-state index in [1.54, 1.807) is 0 Å². The van der Waals surface area contributed by atoms with Gasteiger partial charge in [0.15, 0.2) is 0 Å². The van der Waals surface area contributed by atoms with Crippen LogP contribution >= 0.6 is 0 Å². The van der Waals surface area contributed by atoms with Crippen molar-refractivity contribution in [1.29, 1.82) is 0 Å². The van der Waals surface area contributed by atoms with Crippen LogP contribution in [0.3, 0.4) is 0 Å². The number of benzene rings is 10. The Morgan fingerprint density at radius 1 is 0.308 bits per heavy atom. The Bertz CT molecular complexity index is 3200. The maximum absolute atomic E-state index is 6.62. The molecule has 0 amide bonds. The Morgan fingerprint density at radius 3 is 1.69 bits per heavy atom. The maximum atomic E-state index is 6.62. The summed E-state index contributed by atoms with van der Waals surface area (Å²) in [6, 6.07) is 53.1. The van der Waals surface area contributed by atoms with Gasteiger partial charge in [-0.2, -0.15) is 0 Å². The normalized spacial score (nSPS) is 12.7. The first-order chi connectivity index (χ1) is 25.6. The fourth-order valence-electron chi connectivity index (χ4n) is 9.35. The van der Waals surface area contributed by atoms with Crippen molar-refractivity contribution < 1.29 is 9.47 Å². The first-order valence-corrected chi connectivity index (χ1v) is 18.0. The SMILES string of the molecule is Cc1cc(-c2ccc3c(c2)Oc2cccc4cccc-3c24)c2ccc3c(C)cc(-c4ccc5c6c(cccc46)-c4ccccc4O5)c4ccc1c2c34. The van der Waals surface area contributed by atoms with Gasteiger partial charge in [0, 0.05) is 21.9 Å². The summed E-state index contributed by atoms with van der Waals surface area (Å²) in [5, 5.41) is 12.5. The Labute approximate surface area is 300 Å². The van der Waals surface area contributed by atoms with Gasteiger partial charge >= 0.3 is 0 Å². The second kappa shape index (κ2) is 9.99. The number of para-hydroxylation sites is 1. The van der Waals surface area contributed by atoms with Gasteiger partial charge in [-0.1, -0.05) is 115 Å². The van der Waals surface area contributed by atoms with Gasteiger partial charge in [-0.05, 0) is 132 Å². The van der Waals surface area contributed by atoms with Gasteiger partial charge in [0.25, 0.3) is 0 Å². The lowest BCUT2D eigenvalue weighted by molar-refractivity contribution is 0.487. The number of hydrogen-bond acceptors (Lipinski definition) is 2. The second-order valence-corrected chi connectivity index (χ2v) is 14.5. The van der Waals surface area contributed by atoms with Crippen molar-refractivity contribution in [2.45, 2.75) is 13.8 Å². The highest BCUT2D eigenvalue weighted by atomic mass is 16.5. The van der Waals surface area contributed by atoms with Gasteiger partial charge in [0.1, 0.15) is 23.0 Å². The Balaban J connectivity index is 1.10. The first-order valence-electron chi connectivity index (χ1n) is 18.0. The van der Waals surface area contributed by atoms with Crippen LogP contribution in [0.15, 0.2) is 146 Å². The third-order valence-corrected chi connectivity index (χ3v) is 11.7. The zero-order valence-corrected chi connectivity index (χ0v) is 28.7. The minimum absolute atomic E-state index is 0.902. The predicted molar refractivity (Wildman–Crippen MR) is 217 cm³/mol. The Kier molecular flexibility index (Phi) is 5.40. The third-order valence-electron chi connectivity index (χ3n) is 11.7. The molecule has 0 bridgehead atoms. The molecule has 0 radical (unpaired) electrons. The topological polar surface area (TPSA) is 18.5 Å². The molecule has 0 aromatic heterocycles. The molecule has 0 unspecified atom stereocenters. The molecule has 12 rings (SSSR count). The largest absolute Gasteiger partial charge is 0.456 e. The van der Waals surface area contributed by atoms with Crippen LogP contribution in [0.5, 0.6) is 23.0 Å². The van der Waals surface area contributed by atoms with E-state index >= 15 is 0 Å². The summed E-state index contributed by atoms with van der Waals surface area (Å²) in [4.78, 5) is 0. The zero-order valence-electron chi connectivity index (χ0n) is 28.7. The first kappa shape index (κ1) is 28.1.